The van der Waals surface area contributed by atoms with Gasteiger partial charge in [-0.2, -0.15) is 0 Å². The zero-order chi connectivity index (χ0) is 13.1. The van der Waals surface area contributed by atoms with Gasteiger partial charge in [0.2, 0.25) is 0 Å². The van der Waals surface area contributed by atoms with Crippen molar-refractivity contribution < 1.29 is 4.79 Å². The molecule has 2 N–H and O–H groups in total. The van der Waals surface area contributed by atoms with Gasteiger partial charge in [0.05, 0.1) is 12.2 Å². The van der Waals surface area contributed by atoms with E-state index in [1.807, 2.05) is 17.5 Å². The van der Waals surface area contributed by atoms with Crippen LogP contribution >= 0.6 is 22.7 Å². The number of hydrogen-bond donors (Lipinski definition) is 2. The minimum atomic E-state index is -0.181. The summed E-state index contributed by atoms with van der Waals surface area (Å²) in [6.07, 6.45) is 4.59. The van der Waals surface area contributed by atoms with Crippen LogP contribution in [0.25, 0.3) is 0 Å². The molecule has 2 heterocycles. The number of hydrogen-bond acceptors (Lipinski definition) is 4. The van der Waals surface area contributed by atoms with Crippen LogP contribution in [0.1, 0.15) is 28.3 Å². The summed E-state index contributed by atoms with van der Waals surface area (Å²) in [6, 6.07) is 3.81. The Labute approximate surface area is 119 Å². The van der Waals surface area contributed by atoms with Crippen LogP contribution < -0.4 is 10.6 Å². The average Bonchev–Trinajstić information content (AvgIpc) is 3.04. The number of amides is 2. The molecule has 2 aromatic heterocycles. The fraction of sp³-hybridized carbons (Fsp3) is 0.385. The van der Waals surface area contributed by atoms with Crippen LogP contribution in [0.2, 0.25) is 0 Å². The van der Waals surface area contributed by atoms with Gasteiger partial charge in [-0.1, -0.05) is 6.07 Å². The lowest BCUT2D eigenvalue weighted by molar-refractivity contribution is 0.252. The molecule has 6 heteroatoms. The van der Waals surface area contributed by atoms with Crippen molar-refractivity contribution in [1.29, 1.82) is 0 Å². The highest BCUT2D eigenvalue weighted by atomic mass is 32.1. The van der Waals surface area contributed by atoms with E-state index >= 15 is 0 Å². The first-order valence-corrected chi connectivity index (χ1v) is 8.07. The van der Waals surface area contributed by atoms with E-state index in [9.17, 15) is 4.79 Å². The molecule has 0 spiro atoms. The number of carbonyl (C=O) groups excluding carboxylic acids is 1. The molecule has 4 nitrogen and oxygen atoms in total. The van der Waals surface area contributed by atoms with Crippen molar-refractivity contribution in [3.8, 4) is 0 Å². The minimum absolute atomic E-state index is 0.181. The molecule has 0 saturated carbocycles. The second-order valence-corrected chi connectivity index (χ2v) is 6.60. The lowest BCUT2D eigenvalue weighted by atomic mass is 10.0. The minimum Gasteiger partial charge on any atom is -0.333 e. The van der Waals surface area contributed by atoms with E-state index in [2.05, 4.69) is 15.6 Å². The van der Waals surface area contributed by atoms with Gasteiger partial charge in [-0.15, -0.1) is 22.7 Å². The van der Waals surface area contributed by atoms with Gasteiger partial charge in [-0.05, 0) is 37.1 Å². The molecule has 0 saturated heterocycles. The number of nitrogens with zero attached hydrogens (tertiary/aromatic N) is 1. The molecule has 2 aromatic rings. The zero-order valence-corrected chi connectivity index (χ0v) is 12.1. The number of urea groups is 1. The first-order valence-electron chi connectivity index (χ1n) is 6.37. The van der Waals surface area contributed by atoms with Crippen molar-refractivity contribution in [2.75, 3.05) is 5.32 Å². The highest BCUT2D eigenvalue weighted by Gasteiger charge is 2.16. The van der Waals surface area contributed by atoms with Crippen LogP contribution in [0.3, 0.4) is 0 Å². The quantitative estimate of drug-likeness (QED) is 0.911. The number of carbonyl (C=O) groups is 1. The maximum Gasteiger partial charge on any atom is 0.321 e. The van der Waals surface area contributed by atoms with Crippen molar-refractivity contribution in [3.05, 3.63) is 33.0 Å². The SMILES string of the molecule is O=C(NCc1cccs1)Nc1nc2c(s1)CCCC2. The maximum atomic E-state index is 11.8. The zero-order valence-electron chi connectivity index (χ0n) is 10.4. The third-order valence-corrected chi connectivity index (χ3v) is 5.02. The van der Waals surface area contributed by atoms with E-state index < -0.39 is 0 Å². The normalized spacial score (nSPS) is 13.9. The van der Waals surface area contributed by atoms with E-state index in [4.69, 9.17) is 0 Å². The Balaban J connectivity index is 1.55. The fourth-order valence-electron chi connectivity index (χ4n) is 2.13. The van der Waals surface area contributed by atoms with Gasteiger partial charge in [0.1, 0.15) is 0 Å². The van der Waals surface area contributed by atoms with Crippen LogP contribution in [0.15, 0.2) is 17.5 Å². The fourth-order valence-corrected chi connectivity index (χ4v) is 3.82. The highest BCUT2D eigenvalue weighted by Crippen LogP contribution is 2.29. The van der Waals surface area contributed by atoms with Gasteiger partial charge in [-0.25, -0.2) is 9.78 Å². The number of anilines is 1. The van der Waals surface area contributed by atoms with E-state index in [0.717, 1.165) is 22.9 Å². The van der Waals surface area contributed by atoms with Crippen molar-refractivity contribution in [2.45, 2.75) is 32.2 Å². The predicted octanol–water partition coefficient (Wildman–Crippen LogP) is 3.41. The molecule has 19 heavy (non-hydrogen) atoms. The first-order chi connectivity index (χ1) is 9.31. The maximum absolute atomic E-state index is 11.8. The summed E-state index contributed by atoms with van der Waals surface area (Å²) in [6.45, 7) is 0.564. The number of nitrogens with one attached hydrogen (secondary N) is 2. The topological polar surface area (TPSA) is 54.0 Å². The number of thiophene rings is 1. The largest absolute Gasteiger partial charge is 0.333 e. The van der Waals surface area contributed by atoms with E-state index in [-0.39, 0.29) is 6.03 Å². The Kier molecular flexibility index (Phi) is 3.79. The van der Waals surface area contributed by atoms with Crippen molar-refractivity contribution in [2.24, 2.45) is 0 Å². The molecule has 0 bridgehead atoms. The molecule has 0 radical (unpaired) electrons. The smallest absolute Gasteiger partial charge is 0.321 e. The Morgan fingerprint density at radius 1 is 1.37 bits per heavy atom. The summed E-state index contributed by atoms with van der Waals surface area (Å²) < 4.78 is 0. The van der Waals surface area contributed by atoms with Crippen LogP contribution in [-0.2, 0) is 19.4 Å². The summed E-state index contributed by atoms with van der Waals surface area (Å²) in [5, 5.41) is 8.39. The van der Waals surface area contributed by atoms with E-state index in [1.54, 1.807) is 22.7 Å². The van der Waals surface area contributed by atoms with Gasteiger partial charge in [0.25, 0.3) is 0 Å². The number of thiazole rings is 1. The Bertz CT molecular complexity index is 539. The molecule has 100 valence electrons. The highest BCUT2D eigenvalue weighted by molar-refractivity contribution is 7.15. The van der Waals surface area contributed by atoms with E-state index in [0.29, 0.717) is 6.54 Å². The van der Waals surface area contributed by atoms with Crippen LogP contribution in [0, 0.1) is 0 Å². The standard InChI is InChI=1S/C13H15N3OS2/c17-12(14-8-9-4-3-7-18-9)16-13-15-10-5-1-2-6-11(10)19-13/h3-4,7H,1-2,5-6,8H2,(H2,14,15,16,17). The lowest BCUT2D eigenvalue weighted by Crippen LogP contribution is -2.27. The number of rotatable bonds is 3. The number of aryl methyl sites for hydroxylation is 2. The second-order valence-electron chi connectivity index (χ2n) is 4.48. The molecule has 1 aliphatic rings. The van der Waals surface area contributed by atoms with Crippen molar-refractivity contribution in [1.82, 2.24) is 10.3 Å². The first kappa shape index (κ1) is 12.6. The summed E-state index contributed by atoms with van der Waals surface area (Å²) in [5.74, 6) is 0. The Hall–Kier alpha value is -1.40. The molecule has 0 unspecified atom stereocenters. The van der Waals surface area contributed by atoms with Gasteiger partial charge < -0.3 is 5.32 Å². The van der Waals surface area contributed by atoms with Gasteiger partial charge >= 0.3 is 6.03 Å². The Morgan fingerprint density at radius 2 is 2.26 bits per heavy atom. The summed E-state index contributed by atoms with van der Waals surface area (Å²) in [5.41, 5.74) is 1.17. The van der Waals surface area contributed by atoms with E-state index in [1.165, 1.54) is 23.4 Å². The molecular formula is C13H15N3OS2. The van der Waals surface area contributed by atoms with Gasteiger partial charge in [0.15, 0.2) is 5.13 Å². The monoisotopic (exact) mass is 293 g/mol. The van der Waals surface area contributed by atoms with Crippen molar-refractivity contribution in [3.63, 3.8) is 0 Å². The van der Waals surface area contributed by atoms with Crippen LogP contribution in [0.5, 0.6) is 0 Å². The third-order valence-electron chi connectivity index (χ3n) is 3.07. The molecule has 3 rings (SSSR count). The Morgan fingerprint density at radius 3 is 3.05 bits per heavy atom. The molecular weight excluding hydrogens is 278 g/mol. The molecule has 1 aliphatic carbocycles. The summed E-state index contributed by atoms with van der Waals surface area (Å²) >= 11 is 3.24. The molecule has 2 amide bonds. The predicted molar refractivity (Wildman–Crippen MR) is 78.9 cm³/mol. The second kappa shape index (κ2) is 5.71. The third kappa shape index (κ3) is 3.13. The molecule has 0 fully saturated rings. The average molecular weight is 293 g/mol. The summed E-state index contributed by atoms with van der Waals surface area (Å²) in [7, 11) is 0. The van der Waals surface area contributed by atoms with Gasteiger partial charge in [0, 0.05) is 9.75 Å². The van der Waals surface area contributed by atoms with Crippen LogP contribution in [0.4, 0.5) is 9.93 Å². The summed E-state index contributed by atoms with van der Waals surface area (Å²) in [4.78, 5) is 18.7. The molecule has 0 atom stereocenters. The number of aromatic nitrogens is 1. The van der Waals surface area contributed by atoms with Crippen molar-refractivity contribution >= 4 is 33.8 Å². The number of fused-ring (bicyclic) bond motifs is 1. The lowest BCUT2D eigenvalue weighted by Gasteiger charge is -2.06. The molecule has 0 aromatic carbocycles. The molecule has 0 aliphatic heterocycles. The van der Waals surface area contributed by atoms with Crippen LogP contribution in [-0.4, -0.2) is 11.0 Å². The van der Waals surface area contributed by atoms with Gasteiger partial charge in [-0.3, -0.25) is 5.32 Å².